The van der Waals surface area contributed by atoms with E-state index >= 15 is 0 Å². The summed E-state index contributed by atoms with van der Waals surface area (Å²) in [6.07, 6.45) is -4.25. The average molecular weight is 216 g/mol. The minimum Gasteiger partial charge on any atom is -0.166 e. The maximum absolute atomic E-state index is 12.6. The number of hydrogen-bond acceptors (Lipinski definition) is 0. The van der Waals surface area contributed by atoms with E-state index in [-0.39, 0.29) is 5.92 Å². The standard InChI is InChI=1S/C12H15F3/c1-7(2)10-5-8(3)11(9(4)6-10)12(13,14)15/h5-7H,1-4H3. The predicted molar refractivity (Wildman–Crippen MR) is 55.0 cm³/mol. The van der Waals surface area contributed by atoms with E-state index in [1.54, 1.807) is 12.1 Å². The largest absolute Gasteiger partial charge is 0.416 e. The number of halogens is 3. The van der Waals surface area contributed by atoms with E-state index in [4.69, 9.17) is 0 Å². The molecule has 0 fully saturated rings. The van der Waals surface area contributed by atoms with Gasteiger partial charge in [-0.05, 0) is 36.5 Å². The third-order valence-electron chi connectivity index (χ3n) is 2.51. The van der Waals surface area contributed by atoms with Gasteiger partial charge in [0.15, 0.2) is 0 Å². The van der Waals surface area contributed by atoms with Gasteiger partial charge < -0.3 is 0 Å². The van der Waals surface area contributed by atoms with E-state index in [2.05, 4.69) is 0 Å². The highest BCUT2D eigenvalue weighted by molar-refractivity contribution is 5.40. The fourth-order valence-corrected chi connectivity index (χ4v) is 1.78. The molecule has 0 bridgehead atoms. The zero-order valence-electron chi connectivity index (χ0n) is 9.37. The van der Waals surface area contributed by atoms with Crippen LogP contribution in [0.5, 0.6) is 0 Å². The maximum Gasteiger partial charge on any atom is 0.416 e. The summed E-state index contributed by atoms with van der Waals surface area (Å²) in [4.78, 5) is 0. The molecule has 0 N–H and O–H groups in total. The molecule has 0 saturated heterocycles. The molecule has 1 aromatic rings. The lowest BCUT2D eigenvalue weighted by Crippen LogP contribution is -2.10. The van der Waals surface area contributed by atoms with Crippen LogP contribution in [-0.4, -0.2) is 0 Å². The normalized spacial score (nSPS) is 12.3. The quantitative estimate of drug-likeness (QED) is 0.650. The molecular weight excluding hydrogens is 201 g/mol. The van der Waals surface area contributed by atoms with Crippen molar-refractivity contribution in [3.05, 3.63) is 34.4 Å². The Bertz CT molecular complexity index is 339. The molecule has 15 heavy (non-hydrogen) atoms. The van der Waals surface area contributed by atoms with Gasteiger partial charge in [0, 0.05) is 0 Å². The zero-order chi connectivity index (χ0) is 11.8. The molecule has 3 heteroatoms. The van der Waals surface area contributed by atoms with Gasteiger partial charge in [0.2, 0.25) is 0 Å². The van der Waals surface area contributed by atoms with E-state index < -0.39 is 11.7 Å². The lowest BCUT2D eigenvalue weighted by molar-refractivity contribution is -0.138. The maximum atomic E-state index is 12.6. The summed E-state index contributed by atoms with van der Waals surface area (Å²) in [5.41, 5.74) is 1.09. The molecule has 0 saturated carbocycles. The highest BCUT2D eigenvalue weighted by atomic mass is 19.4. The molecule has 0 nitrogen and oxygen atoms in total. The van der Waals surface area contributed by atoms with Crippen LogP contribution in [0.2, 0.25) is 0 Å². The fourth-order valence-electron chi connectivity index (χ4n) is 1.78. The molecule has 0 aromatic heterocycles. The molecule has 0 aliphatic heterocycles. The van der Waals surface area contributed by atoms with Crippen molar-refractivity contribution in [1.29, 1.82) is 0 Å². The SMILES string of the molecule is Cc1cc(C(C)C)cc(C)c1C(F)(F)F. The monoisotopic (exact) mass is 216 g/mol. The number of rotatable bonds is 1. The summed E-state index contributed by atoms with van der Waals surface area (Å²) in [7, 11) is 0. The van der Waals surface area contributed by atoms with Crippen molar-refractivity contribution in [2.75, 3.05) is 0 Å². The second-order valence-electron chi connectivity index (χ2n) is 4.18. The summed E-state index contributed by atoms with van der Waals surface area (Å²) < 4.78 is 37.9. The molecule has 84 valence electrons. The van der Waals surface area contributed by atoms with Crippen LogP contribution >= 0.6 is 0 Å². The third-order valence-corrected chi connectivity index (χ3v) is 2.51. The Labute approximate surface area is 88.1 Å². The van der Waals surface area contributed by atoms with Crippen molar-refractivity contribution in [3.8, 4) is 0 Å². The third kappa shape index (κ3) is 2.52. The number of aryl methyl sites for hydroxylation is 2. The second kappa shape index (κ2) is 3.87. The van der Waals surface area contributed by atoms with Crippen LogP contribution in [0.15, 0.2) is 12.1 Å². The van der Waals surface area contributed by atoms with Gasteiger partial charge in [-0.2, -0.15) is 13.2 Å². The smallest absolute Gasteiger partial charge is 0.166 e. The summed E-state index contributed by atoms with van der Waals surface area (Å²) in [6.45, 7) is 6.98. The van der Waals surface area contributed by atoms with Crippen molar-refractivity contribution in [2.24, 2.45) is 0 Å². The lowest BCUT2D eigenvalue weighted by Gasteiger charge is -2.16. The van der Waals surface area contributed by atoms with Gasteiger partial charge in [-0.1, -0.05) is 26.0 Å². The van der Waals surface area contributed by atoms with Gasteiger partial charge >= 0.3 is 6.18 Å². The first kappa shape index (κ1) is 12.1. The molecule has 0 aliphatic carbocycles. The van der Waals surface area contributed by atoms with Crippen LogP contribution in [-0.2, 0) is 6.18 Å². The first-order valence-corrected chi connectivity index (χ1v) is 4.92. The minimum absolute atomic E-state index is 0.254. The van der Waals surface area contributed by atoms with E-state index in [1.807, 2.05) is 13.8 Å². The Kier molecular flexibility index (Phi) is 3.12. The Morgan fingerprint density at radius 2 is 1.40 bits per heavy atom. The van der Waals surface area contributed by atoms with Gasteiger partial charge in [-0.15, -0.1) is 0 Å². The van der Waals surface area contributed by atoms with Gasteiger partial charge in [-0.3, -0.25) is 0 Å². The second-order valence-corrected chi connectivity index (χ2v) is 4.18. The molecule has 0 aliphatic rings. The van der Waals surface area contributed by atoms with Gasteiger partial charge in [0.05, 0.1) is 5.56 Å². The Morgan fingerprint density at radius 3 is 1.67 bits per heavy atom. The van der Waals surface area contributed by atoms with E-state index in [0.29, 0.717) is 11.1 Å². The number of hydrogen-bond donors (Lipinski definition) is 0. The van der Waals surface area contributed by atoms with Crippen LogP contribution < -0.4 is 0 Å². The molecule has 1 aromatic carbocycles. The molecule has 0 spiro atoms. The molecule has 0 amide bonds. The van der Waals surface area contributed by atoms with E-state index in [0.717, 1.165) is 5.56 Å². The van der Waals surface area contributed by atoms with Gasteiger partial charge in [-0.25, -0.2) is 0 Å². The van der Waals surface area contributed by atoms with Crippen LogP contribution in [0.3, 0.4) is 0 Å². The van der Waals surface area contributed by atoms with Gasteiger partial charge in [0.25, 0.3) is 0 Å². The minimum atomic E-state index is -4.25. The summed E-state index contributed by atoms with van der Waals surface area (Å²) in [5, 5.41) is 0. The molecule has 1 rings (SSSR count). The average Bonchev–Trinajstić information content (AvgIpc) is 1.99. The highest BCUT2D eigenvalue weighted by Crippen LogP contribution is 2.35. The lowest BCUT2D eigenvalue weighted by atomic mass is 9.94. The van der Waals surface area contributed by atoms with Crippen molar-refractivity contribution >= 4 is 0 Å². The van der Waals surface area contributed by atoms with Crippen molar-refractivity contribution in [2.45, 2.75) is 39.8 Å². The Morgan fingerprint density at radius 1 is 1.00 bits per heavy atom. The van der Waals surface area contributed by atoms with E-state index in [1.165, 1.54) is 13.8 Å². The first-order valence-electron chi connectivity index (χ1n) is 4.92. The first-order chi connectivity index (χ1) is 6.73. The topological polar surface area (TPSA) is 0 Å². The Hall–Kier alpha value is -0.990. The summed E-state index contributed by atoms with van der Waals surface area (Å²) in [6, 6.07) is 3.25. The Balaban J connectivity index is 3.34. The number of benzene rings is 1. The molecule has 0 radical (unpaired) electrons. The van der Waals surface area contributed by atoms with Crippen molar-refractivity contribution in [3.63, 3.8) is 0 Å². The molecule has 0 atom stereocenters. The van der Waals surface area contributed by atoms with E-state index in [9.17, 15) is 13.2 Å². The van der Waals surface area contributed by atoms with Crippen molar-refractivity contribution in [1.82, 2.24) is 0 Å². The summed E-state index contributed by atoms with van der Waals surface area (Å²) in [5.74, 6) is 0.254. The van der Waals surface area contributed by atoms with Gasteiger partial charge in [0.1, 0.15) is 0 Å². The summed E-state index contributed by atoms with van der Waals surface area (Å²) >= 11 is 0. The molecule has 0 heterocycles. The van der Waals surface area contributed by atoms with Crippen molar-refractivity contribution < 1.29 is 13.2 Å². The van der Waals surface area contributed by atoms with Crippen LogP contribution in [0.4, 0.5) is 13.2 Å². The predicted octanol–water partition coefficient (Wildman–Crippen LogP) is 4.45. The molecular formula is C12H15F3. The van der Waals surface area contributed by atoms with Crippen LogP contribution in [0, 0.1) is 13.8 Å². The number of alkyl halides is 3. The zero-order valence-corrected chi connectivity index (χ0v) is 9.37. The van der Waals surface area contributed by atoms with Crippen LogP contribution in [0.25, 0.3) is 0 Å². The fraction of sp³-hybridized carbons (Fsp3) is 0.500. The molecule has 0 unspecified atom stereocenters. The highest BCUT2D eigenvalue weighted by Gasteiger charge is 2.34. The van der Waals surface area contributed by atoms with Crippen LogP contribution in [0.1, 0.15) is 42.0 Å².